The summed E-state index contributed by atoms with van der Waals surface area (Å²) in [6, 6.07) is 0.369. The van der Waals surface area contributed by atoms with E-state index in [1.54, 1.807) is 0 Å². The molecule has 0 rings (SSSR count). The Morgan fingerprint density at radius 1 is 1.60 bits per heavy atom. The van der Waals surface area contributed by atoms with Crippen molar-refractivity contribution in [2.45, 2.75) is 26.8 Å². The summed E-state index contributed by atoms with van der Waals surface area (Å²) in [5, 5.41) is 5.91. The van der Waals surface area contributed by atoms with Crippen LogP contribution in [-0.2, 0) is 4.79 Å². The summed E-state index contributed by atoms with van der Waals surface area (Å²) in [7, 11) is 0. The molecule has 0 aromatic rings. The molecule has 0 aliphatic carbocycles. The van der Waals surface area contributed by atoms with Gasteiger partial charge in [0.15, 0.2) is 0 Å². The zero-order valence-corrected chi connectivity index (χ0v) is 6.90. The topological polar surface area (TPSA) is 41.1 Å². The lowest BCUT2D eigenvalue weighted by Gasteiger charge is -2.11. The third kappa shape index (κ3) is 5.56. The Morgan fingerprint density at radius 2 is 2.20 bits per heavy atom. The van der Waals surface area contributed by atoms with Gasteiger partial charge in [0.05, 0.1) is 0 Å². The van der Waals surface area contributed by atoms with Crippen molar-refractivity contribution >= 4 is 5.91 Å². The number of nitrogens with one attached hydrogen (secondary N) is 2. The van der Waals surface area contributed by atoms with E-state index in [4.69, 9.17) is 0 Å². The second kappa shape index (κ2) is 5.23. The summed E-state index contributed by atoms with van der Waals surface area (Å²) in [6.07, 6.45) is 0. The number of rotatable bonds is 4. The van der Waals surface area contributed by atoms with Crippen LogP contribution in [0.4, 0.5) is 0 Å². The summed E-state index contributed by atoms with van der Waals surface area (Å²) in [4.78, 5) is 10.4. The van der Waals surface area contributed by atoms with Crippen LogP contribution in [0, 0.1) is 0 Å². The zero-order chi connectivity index (χ0) is 7.98. The summed E-state index contributed by atoms with van der Waals surface area (Å²) in [5.74, 6) is 0.0322. The molecule has 0 spiro atoms. The van der Waals surface area contributed by atoms with Gasteiger partial charge in [0.1, 0.15) is 0 Å². The van der Waals surface area contributed by atoms with Gasteiger partial charge in [0, 0.05) is 19.5 Å². The van der Waals surface area contributed by atoms with Crippen molar-refractivity contribution in [1.29, 1.82) is 0 Å². The molecule has 1 unspecified atom stereocenters. The maximum Gasteiger partial charge on any atom is 0.216 e. The second-order valence-corrected chi connectivity index (χ2v) is 2.40. The Hall–Kier alpha value is -0.570. The standard InChI is InChI=1S/C7H16N2O/c1-4-8-6(2)5-9-7(3)10/h6,8H,4-5H2,1-3H3,(H,9,10). The highest BCUT2D eigenvalue weighted by atomic mass is 16.1. The maximum atomic E-state index is 10.4. The van der Waals surface area contributed by atoms with Crippen molar-refractivity contribution in [3.05, 3.63) is 0 Å². The molecule has 0 radical (unpaired) electrons. The van der Waals surface area contributed by atoms with Gasteiger partial charge in [-0.15, -0.1) is 0 Å². The van der Waals surface area contributed by atoms with Gasteiger partial charge >= 0.3 is 0 Å². The molecule has 10 heavy (non-hydrogen) atoms. The molecule has 0 aromatic heterocycles. The third-order valence-electron chi connectivity index (χ3n) is 1.21. The first kappa shape index (κ1) is 9.43. The molecule has 0 aliphatic rings. The lowest BCUT2D eigenvalue weighted by Crippen LogP contribution is -2.37. The summed E-state index contributed by atoms with van der Waals surface area (Å²) in [6.45, 7) is 7.27. The molecule has 0 aromatic carbocycles. The van der Waals surface area contributed by atoms with E-state index in [9.17, 15) is 4.79 Å². The van der Waals surface area contributed by atoms with E-state index < -0.39 is 0 Å². The van der Waals surface area contributed by atoms with Gasteiger partial charge in [0.2, 0.25) is 5.91 Å². The van der Waals surface area contributed by atoms with Gasteiger partial charge in [-0.3, -0.25) is 4.79 Å². The van der Waals surface area contributed by atoms with Crippen molar-refractivity contribution in [2.75, 3.05) is 13.1 Å². The lowest BCUT2D eigenvalue weighted by atomic mass is 10.3. The fourth-order valence-corrected chi connectivity index (χ4v) is 0.717. The van der Waals surface area contributed by atoms with E-state index in [0.717, 1.165) is 6.54 Å². The van der Waals surface area contributed by atoms with Crippen molar-refractivity contribution in [2.24, 2.45) is 0 Å². The highest BCUT2D eigenvalue weighted by Crippen LogP contribution is 1.76. The van der Waals surface area contributed by atoms with E-state index in [2.05, 4.69) is 10.6 Å². The second-order valence-electron chi connectivity index (χ2n) is 2.40. The summed E-state index contributed by atoms with van der Waals surface area (Å²) >= 11 is 0. The first-order valence-corrected chi connectivity index (χ1v) is 3.64. The molecule has 0 heterocycles. The summed E-state index contributed by atoms with van der Waals surface area (Å²) in [5.41, 5.74) is 0. The first-order chi connectivity index (χ1) is 4.66. The maximum absolute atomic E-state index is 10.4. The van der Waals surface area contributed by atoms with E-state index in [1.165, 1.54) is 6.92 Å². The van der Waals surface area contributed by atoms with Gasteiger partial charge in [-0.1, -0.05) is 6.92 Å². The van der Waals surface area contributed by atoms with Gasteiger partial charge < -0.3 is 10.6 Å². The van der Waals surface area contributed by atoms with Crippen LogP contribution in [0.25, 0.3) is 0 Å². The van der Waals surface area contributed by atoms with Gasteiger partial charge in [-0.25, -0.2) is 0 Å². The van der Waals surface area contributed by atoms with E-state index in [-0.39, 0.29) is 5.91 Å². The quantitative estimate of drug-likeness (QED) is 0.588. The molecule has 0 aliphatic heterocycles. The average Bonchev–Trinajstić information content (AvgIpc) is 1.85. The van der Waals surface area contributed by atoms with Gasteiger partial charge in [-0.05, 0) is 13.5 Å². The van der Waals surface area contributed by atoms with Crippen LogP contribution < -0.4 is 10.6 Å². The third-order valence-corrected chi connectivity index (χ3v) is 1.21. The predicted molar refractivity (Wildman–Crippen MR) is 41.8 cm³/mol. The molecule has 0 saturated heterocycles. The van der Waals surface area contributed by atoms with Crippen LogP contribution in [0.3, 0.4) is 0 Å². The van der Waals surface area contributed by atoms with E-state index in [1.807, 2.05) is 13.8 Å². The molecular weight excluding hydrogens is 128 g/mol. The average molecular weight is 144 g/mol. The first-order valence-electron chi connectivity index (χ1n) is 3.64. The summed E-state index contributed by atoms with van der Waals surface area (Å²) < 4.78 is 0. The number of carbonyl (C=O) groups is 1. The number of likely N-dealkylation sites (N-methyl/N-ethyl adjacent to an activating group) is 1. The van der Waals surface area contributed by atoms with Crippen LogP contribution in [0.2, 0.25) is 0 Å². The van der Waals surface area contributed by atoms with Crippen LogP contribution >= 0.6 is 0 Å². The SMILES string of the molecule is CCNC(C)CNC(C)=O. The molecule has 1 atom stereocenters. The predicted octanol–water partition coefficient (Wildman–Crippen LogP) is 0.120. The largest absolute Gasteiger partial charge is 0.355 e. The molecule has 0 saturated carbocycles. The Bertz CT molecular complexity index is 104. The van der Waals surface area contributed by atoms with Crippen molar-refractivity contribution in [3.8, 4) is 0 Å². The van der Waals surface area contributed by atoms with Crippen LogP contribution in [0.5, 0.6) is 0 Å². The number of hydrogen-bond donors (Lipinski definition) is 2. The number of hydrogen-bond acceptors (Lipinski definition) is 2. The molecule has 0 fully saturated rings. The fraction of sp³-hybridized carbons (Fsp3) is 0.857. The Morgan fingerprint density at radius 3 is 2.60 bits per heavy atom. The molecular formula is C7H16N2O. The minimum atomic E-state index is 0.0322. The van der Waals surface area contributed by atoms with Crippen LogP contribution in [0.1, 0.15) is 20.8 Å². The molecule has 0 bridgehead atoms. The van der Waals surface area contributed by atoms with Gasteiger partial charge in [0.25, 0.3) is 0 Å². The molecule has 3 nitrogen and oxygen atoms in total. The minimum Gasteiger partial charge on any atom is -0.355 e. The monoisotopic (exact) mass is 144 g/mol. The minimum absolute atomic E-state index is 0.0322. The van der Waals surface area contributed by atoms with Crippen molar-refractivity contribution in [1.82, 2.24) is 10.6 Å². The van der Waals surface area contributed by atoms with Crippen LogP contribution in [0.15, 0.2) is 0 Å². The zero-order valence-electron chi connectivity index (χ0n) is 6.90. The van der Waals surface area contributed by atoms with Gasteiger partial charge in [-0.2, -0.15) is 0 Å². The molecule has 3 heteroatoms. The van der Waals surface area contributed by atoms with Crippen molar-refractivity contribution < 1.29 is 4.79 Å². The Balaban J connectivity index is 3.21. The molecule has 60 valence electrons. The highest BCUT2D eigenvalue weighted by molar-refractivity contribution is 5.72. The Labute approximate surface area is 62.2 Å². The van der Waals surface area contributed by atoms with E-state index >= 15 is 0 Å². The lowest BCUT2D eigenvalue weighted by molar-refractivity contribution is -0.119. The van der Waals surface area contributed by atoms with Crippen LogP contribution in [-0.4, -0.2) is 25.0 Å². The normalized spacial score (nSPS) is 12.7. The molecule has 1 amide bonds. The number of amides is 1. The van der Waals surface area contributed by atoms with E-state index in [0.29, 0.717) is 12.6 Å². The highest BCUT2D eigenvalue weighted by Gasteiger charge is 1.98. The van der Waals surface area contributed by atoms with Crippen molar-refractivity contribution in [3.63, 3.8) is 0 Å². The number of carbonyl (C=O) groups excluding carboxylic acids is 1. The molecule has 2 N–H and O–H groups in total. The smallest absolute Gasteiger partial charge is 0.216 e. The fourth-order valence-electron chi connectivity index (χ4n) is 0.717. The Kier molecular flexibility index (Phi) is 4.94.